The van der Waals surface area contributed by atoms with Crippen molar-refractivity contribution in [2.24, 2.45) is 0 Å². The highest BCUT2D eigenvalue weighted by Crippen LogP contribution is 2.36. The lowest BCUT2D eigenvalue weighted by molar-refractivity contribution is -0.111. The first-order valence-corrected chi connectivity index (χ1v) is 8.28. The number of anilines is 1. The highest BCUT2D eigenvalue weighted by Gasteiger charge is 2.33. The minimum absolute atomic E-state index is 0. The van der Waals surface area contributed by atoms with E-state index in [0.29, 0.717) is 0 Å². The number of carbonyl (C=O) groups excluding carboxylic acids is 1. The van der Waals surface area contributed by atoms with E-state index < -0.39 is 0 Å². The maximum absolute atomic E-state index is 12.5. The predicted molar refractivity (Wildman–Crippen MR) is 107 cm³/mol. The number of carbonyl (C=O) groups is 1. The molecule has 25 heavy (non-hydrogen) atoms. The Morgan fingerprint density at radius 3 is 2.44 bits per heavy atom. The molecule has 132 valence electrons. The summed E-state index contributed by atoms with van der Waals surface area (Å²) in [5.41, 5.74) is 5.35. The molecule has 1 N–H and O–H groups in total. The normalized spacial score (nSPS) is 16.8. The maximum Gasteiger partial charge on any atom is 0.250 e. The third-order valence-electron chi connectivity index (χ3n) is 4.77. The zero-order valence-electron chi connectivity index (χ0n) is 15.2. The number of nitrogens with one attached hydrogen (secondary N) is 1. The lowest BCUT2D eigenvalue weighted by atomic mass is 9.84. The lowest BCUT2D eigenvalue weighted by Gasteiger charge is -2.44. The largest absolute Gasteiger partial charge is 0.368 e. The molecular formula is C21H25ClN2O. The van der Waals surface area contributed by atoms with Gasteiger partial charge >= 0.3 is 0 Å². The van der Waals surface area contributed by atoms with Gasteiger partial charge < -0.3 is 10.2 Å². The van der Waals surface area contributed by atoms with Gasteiger partial charge in [-0.3, -0.25) is 4.79 Å². The first-order chi connectivity index (χ1) is 11.4. The van der Waals surface area contributed by atoms with Gasteiger partial charge in [0.05, 0.1) is 0 Å². The van der Waals surface area contributed by atoms with E-state index in [-0.39, 0.29) is 23.9 Å². The van der Waals surface area contributed by atoms with Gasteiger partial charge in [-0.1, -0.05) is 42.0 Å². The second-order valence-corrected chi connectivity index (χ2v) is 7.09. The standard InChI is InChI=1S/C21H24N2O.ClH/c1-15-9-11-17(12-10-15)22-20(24)13-19-18-8-6-5-7-16(18)14-21(2,3)23(19)4;/h5-13H,14H2,1-4H3,(H,22,24);1H/b19-13+;. The SMILES string of the molecule is Cc1ccc(NC(=O)/C=C2\c3ccccc3CC(C)(C)N2C)cc1.Cl. The van der Waals surface area contributed by atoms with Gasteiger partial charge in [-0.25, -0.2) is 0 Å². The van der Waals surface area contributed by atoms with Crippen LogP contribution in [0.3, 0.4) is 0 Å². The summed E-state index contributed by atoms with van der Waals surface area (Å²) in [6.07, 6.45) is 2.68. The van der Waals surface area contributed by atoms with Crippen molar-refractivity contribution in [1.82, 2.24) is 4.90 Å². The number of fused-ring (bicyclic) bond motifs is 1. The second-order valence-electron chi connectivity index (χ2n) is 7.09. The third kappa shape index (κ3) is 4.05. The highest BCUT2D eigenvalue weighted by atomic mass is 35.5. The highest BCUT2D eigenvalue weighted by molar-refractivity contribution is 6.04. The van der Waals surface area contributed by atoms with Crippen LogP contribution in [0.1, 0.15) is 30.5 Å². The molecule has 0 saturated heterocycles. The predicted octanol–water partition coefficient (Wildman–Crippen LogP) is 4.66. The summed E-state index contributed by atoms with van der Waals surface area (Å²) in [4.78, 5) is 14.7. The van der Waals surface area contributed by atoms with Crippen molar-refractivity contribution in [3.63, 3.8) is 0 Å². The van der Waals surface area contributed by atoms with E-state index in [1.54, 1.807) is 6.08 Å². The van der Waals surface area contributed by atoms with Crippen LogP contribution in [0.5, 0.6) is 0 Å². The van der Waals surface area contributed by atoms with Crippen molar-refractivity contribution < 1.29 is 4.79 Å². The summed E-state index contributed by atoms with van der Waals surface area (Å²) < 4.78 is 0. The summed E-state index contributed by atoms with van der Waals surface area (Å²) in [7, 11) is 2.06. The molecule has 1 amide bonds. The summed E-state index contributed by atoms with van der Waals surface area (Å²) in [6.45, 7) is 6.44. The molecule has 0 aliphatic carbocycles. The quantitative estimate of drug-likeness (QED) is 0.793. The minimum Gasteiger partial charge on any atom is -0.368 e. The number of hydrogen-bond donors (Lipinski definition) is 1. The Morgan fingerprint density at radius 2 is 1.76 bits per heavy atom. The van der Waals surface area contributed by atoms with E-state index in [0.717, 1.165) is 23.4 Å². The van der Waals surface area contributed by atoms with Crippen LogP contribution >= 0.6 is 12.4 Å². The average molecular weight is 357 g/mol. The molecule has 0 saturated carbocycles. The van der Waals surface area contributed by atoms with Crippen LogP contribution in [0.25, 0.3) is 5.70 Å². The molecule has 1 heterocycles. The van der Waals surface area contributed by atoms with Crippen LogP contribution in [-0.2, 0) is 11.2 Å². The summed E-state index contributed by atoms with van der Waals surface area (Å²) in [5.74, 6) is -0.104. The zero-order chi connectivity index (χ0) is 17.3. The molecule has 2 aromatic carbocycles. The van der Waals surface area contributed by atoms with E-state index in [1.807, 2.05) is 37.3 Å². The molecule has 1 aliphatic heterocycles. The molecule has 0 atom stereocenters. The van der Waals surface area contributed by atoms with Gasteiger partial charge in [0, 0.05) is 35.6 Å². The van der Waals surface area contributed by atoms with Crippen LogP contribution in [0.2, 0.25) is 0 Å². The second kappa shape index (κ2) is 7.32. The molecule has 0 spiro atoms. The molecule has 0 unspecified atom stereocenters. The maximum atomic E-state index is 12.5. The molecule has 0 fully saturated rings. The molecular weight excluding hydrogens is 332 g/mol. The zero-order valence-corrected chi connectivity index (χ0v) is 16.0. The lowest BCUT2D eigenvalue weighted by Crippen LogP contribution is -2.45. The Bertz CT molecular complexity index is 794. The molecule has 4 heteroatoms. The van der Waals surface area contributed by atoms with E-state index in [9.17, 15) is 4.79 Å². The van der Waals surface area contributed by atoms with Gasteiger partial charge in [-0.2, -0.15) is 0 Å². The van der Waals surface area contributed by atoms with Crippen molar-refractivity contribution in [2.75, 3.05) is 12.4 Å². The van der Waals surface area contributed by atoms with Crippen molar-refractivity contribution in [1.29, 1.82) is 0 Å². The fourth-order valence-electron chi connectivity index (χ4n) is 3.13. The number of benzene rings is 2. The van der Waals surface area contributed by atoms with Crippen LogP contribution in [0.15, 0.2) is 54.6 Å². The van der Waals surface area contributed by atoms with Crippen molar-refractivity contribution in [2.45, 2.75) is 32.7 Å². The van der Waals surface area contributed by atoms with Gasteiger partial charge in [0.25, 0.3) is 0 Å². The number of amides is 1. The number of likely N-dealkylation sites (N-methyl/N-ethyl adjacent to an activating group) is 1. The Morgan fingerprint density at radius 1 is 1.12 bits per heavy atom. The van der Waals surface area contributed by atoms with Crippen LogP contribution in [0.4, 0.5) is 5.69 Å². The summed E-state index contributed by atoms with van der Waals surface area (Å²) >= 11 is 0. The fourth-order valence-corrected chi connectivity index (χ4v) is 3.13. The topological polar surface area (TPSA) is 32.3 Å². The Labute approximate surface area is 156 Å². The van der Waals surface area contributed by atoms with Crippen molar-refractivity contribution in [3.05, 3.63) is 71.3 Å². The van der Waals surface area contributed by atoms with Gasteiger partial charge in [-0.05, 0) is 44.9 Å². The number of halogens is 1. The fraction of sp³-hybridized carbons (Fsp3) is 0.286. The monoisotopic (exact) mass is 356 g/mol. The Hall–Kier alpha value is -2.26. The van der Waals surface area contributed by atoms with Gasteiger partial charge in [0.1, 0.15) is 0 Å². The minimum atomic E-state index is -0.104. The number of nitrogens with zero attached hydrogens (tertiary/aromatic N) is 1. The van der Waals surface area contributed by atoms with Gasteiger partial charge in [-0.15, -0.1) is 12.4 Å². The van der Waals surface area contributed by atoms with E-state index in [4.69, 9.17) is 0 Å². The Balaban J connectivity index is 0.00000225. The van der Waals surface area contributed by atoms with Crippen LogP contribution < -0.4 is 5.32 Å². The average Bonchev–Trinajstić information content (AvgIpc) is 2.54. The smallest absolute Gasteiger partial charge is 0.250 e. The molecule has 2 aromatic rings. The molecule has 0 bridgehead atoms. The molecule has 1 aliphatic rings. The number of aryl methyl sites for hydroxylation is 1. The molecule has 0 aromatic heterocycles. The van der Waals surface area contributed by atoms with Gasteiger partial charge in [0.2, 0.25) is 5.91 Å². The van der Waals surface area contributed by atoms with Crippen LogP contribution in [0, 0.1) is 6.92 Å². The Kier molecular flexibility index (Phi) is 5.58. The first-order valence-electron chi connectivity index (χ1n) is 8.28. The first kappa shape index (κ1) is 19.1. The summed E-state index contributed by atoms with van der Waals surface area (Å²) in [5, 5.41) is 2.95. The van der Waals surface area contributed by atoms with E-state index in [1.165, 1.54) is 11.1 Å². The molecule has 0 radical (unpaired) electrons. The number of rotatable bonds is 2. The van der Waals surface area contributed by atoms with E-state index >= 15 is 0 Å². The van der Waals surface area contributed by atoms with E-state index in [2.05, 4.69) is 49.3 Å². The van der Waals surface area contributed by atoms with Crippen LogP contribution in [-0.4, -0.2) is 23.4 Å². The van der Waals surface area contributed by atoms with Crippen molar-refractivity contribution in [3.8, 4) is 0 Å². The van der Waals surface area contributed by atoms with Gasteiger partial charge in [0.15, 0.2) is 0 Å². The molecule has 3 nitrogen and oxygen atoms in total. The third-order valence-corrected chi connectivity index (χ3v) is 4.77. The molecule has 3 rings (SSSR count). The van der Waals surface area contributed by atoms with Crippen molar-refractivity contribution >= 4 is 29.7 Å². The number of hydrogen-bond acceptors (Lipinski definition) is 2. The summed E-state index contributed by atoms with van der Waals surface area (Å²) in [6, 6.07) is 16.2.